The standard InChI is InChI=1S/C25H22F3NO2/c1-2-24(30)23-15-20-14-19(18-8-11-21(12-9-18)31-25(26,27)28)10-13-22(20)29(23)16-17-6-4-3-5-7-17/h3-15,24,30H,2,16H2,1H3. The van der Waals surface area contributed by atoms with Gasteiger partial charge < -0.3 is 14.4 Å². The largest absolute Gasteiger partial charge is 0.573 e. The molecule has 1 unspecified atom stereocenters. The Hall–Kier alpha value is -3.25. The van der Waals surface area contributed by atoms with E-state index in [-0.39, 0.29) is 5.75 Å². The Morgan fingerprint density at radius 2 is 1.58 bits per heavy atom. The van der Waals surface area contributed by atoms with Crippen molar-refractivity contribution in [2.24, 2.45) is 0 Å². The number of hydrogen-bond donors (Lipinski definition) is 1. The first kappa shape index (κ1) is 21.0. The minimum Gasteiger partial charge on any atom is -0.406 e. The molecule has 1 atom stereocenters. The number of halogens is 3. The fourth-order valence-electron chi connectivity index (χ4n) is 3.75. The van der Waals surface area contributed by atoms with Crippen LogP contribution in [0.5, 0.6) is 5.75 Å². The SMILES string of the molecule is CCC(O)c1cc2cc(-c3ccc(OC(F)(F)F)cc3)ccc2n1Cc1ccccc1. The second-order valence-corrected chi connectivity index (χ2v) is 7.41. The maximum atomic E-state index is 12.4. The van der Waals surface area contributed by atoms with Crippen LogP contribution in [0.4, 0.5) is 13.2 Å². The normalized spacial score (nSPS) is 12.8. The van der Waals surface area contributed by atoms with Crippen molar-refractivity contribution >= 4 is 10.9 Å². The van der Waals surface area contributed by atoms with Gasteiger partial charge in [0, 0.05) is 23.1 Å². The summed E-state index contributed by atoms with van der Waals surface area (Å²) in [6, 6.07) is 23.7. The second-order valence-electron chi connectivity index (χ2n) is 7.41. The summed E-state index contributed by atoms with van der Waals surface area (Å²) in [4.78, 5) is 0. The molecule has 6 heteroatoms. The van der Waals surface area contributed by atoms with Crippen molar-refractivity contribution in [3.63, 3.8) is 0 Å². The van der Waals surface area contributed by atoms with E-state index in [4.69, 9.17) is 0 Å². The van der Waals surface area contributed by atoms with Gasteiger partial charge in [0.05, 0.1) is 6.10 Å². The van der Waals surface area contributed by atoms with Crippen LogP contribution in [0.2, 0.25) is 0 Å². The summed E-state index contributed by atoms with van der Waals surface area (Å²) in [5.41, 5.74) is 4.62. The van der Waals surface area contributed by atoms with E-state index in [0.717, 1.165) is 33.3 Å². The van der Waals surface area contributed by atoms with Crippen molar-refractivity contribution in [2.75, 3.05) is 0 Å². The predicted molar refractivity (Wildman–Crippen MR) is 115 cm³/mol. The molecule has 0 aliphatic rings. The molecule has 0 aliphatic carbocycles. The summed E-state index contributed by atoms with van der Waals surface area (Å²) >= 11 is 0. The third-order valence-electron chi connectivity index (χ3n) is 5.27. The molecular formula is C25H22F3NO2. The highest BCUT2D eigenvalue weighted by Gasteiger charge is 2.31. The molecule has 3 aromatic carbocycles. The molecule has 0 saturated heterocycles. The van der Waals surface area contributed by atoms with Crippen LogP contribution in [0.25, 0.3) is 22.0 Å². The lowest BCUT2D eigenvalue weighted by molar-refractivity contribution is -0.274. The molecule has 0 saturated carbocycles. The highest BCUT2D eigenvalue weighted by atomic mass is 19.4. The highest BCUT2D eigenvalue weighted by molar-refractivity contribution is 5.87. The lowest BCUT2D eigenvalue weighted by Crippen LogP contribution is -2.16. The molecule has 0 amide bonds. The number of nitrogens with zero attached hydrogens (tertiary/aromatic N) is 1. The van der Waals surface area contributed by atoms with Gasteiger partial charge in [-0.3, -0.25) is 0 Å². The van der Waals surface area contributed by atoms with Gasteiger partial charge in [0.2, 0.25) is 0 Å². The first-order chi connectivity index (χ1) is 14.8. The molecule has 0 spiro atoms. The second kappa shape index (κ2) is 8.47. The van der Waals surface area contributed by atoms with E-state index >= 15 is 0 Å². The van der Waals surface area contributed by atoms with Crippen molar-refractivity contribution < 1.29 is 23.0 Å². The third-order valence-corrected chi connectivity index (χ3v) is 5.27. The Morgan fingerprint density at radius 3 is 2.23 bits per heavy atom. The van der Waals surface area contributed by atoms with Crippen molar-refractivity contribution in [1.82, 2.24) is 4.57 Å². The molecular weight excluding hydrogens is 403 g/mol. The number of ether oxygens (including phenoxy) is 1. The van der Waals surface area contributed by atoms with E-state index in [1.165, 1.54) is 12.1 Å². The topological polar surface area (TPSA) is 34.4 Å². The Balaban J connectivity index is 1.71. The van der Waals surface area contributed by atoms with Crippen LogP contribution in [0.3, 0.4) is 0 Å². The predicted octanol–water partition coefficient (Wildman–Crippen LogP) is 6.70. The van der Waals surface area contributed by atoms with Crippen LogP contribution in [0.1, 0.15) is 30.7 Å². The van der Waals surface area contributed by atoms with Crippen LogP contribution in [-0.4, -0.2) is 16.0 Å². The maximum absolute atomic E-state index is 12.4. The van der Waals surface area contributed by atoms with Gasteiger partial charge in [0.25, 0.3) is 0 Å². The van der Waals surface area contributed by atoms with Crippen LogP contribution >= 0.6 is 0 Å². The number of alkyl halides is 3. The number of aromatic nitrogens is 1. The third kappa shape index (κ3) is 4.75. The summed E-state index contributed by atoms with van der Waals surface area (Å²) in [7, 11) is 0. The van der Waals surface area contributed by atoms with E-state index < -0.39 is 12.5 Å². The van der Waals surface area contributed by atoms with Crippen molar-refractivity contribution in [3.05, 3.63) is 90.1 Å². The number of aliphatic hydroxyl groups is 1. The van der Waals surface area contributed by atoms with Gasteiger partial charge in [0.1, 0.15) is 5.75 Å². The highest BCUT2D eigenvalue weighted by Crippen LogP contribution is 2.32. The van der Waals surface area contributed by atoms with Gasteiger partial charge in [-0.15, -0.1) is 13.2 Å². The smallest absolute Gasteiger partial charge is 0.406 e. The van der Waals surface area contributed by atoms with Gasteiger partial charge in [-0.25, -0.2) is 0 Å². The average Bonchev–Trinajstić information content (AvgIpc) is 3.11. The minimum absolute atomic E-state index is 0.250. The number of rotatable bonds is 6. The summed E-state index contributed by atoms with van der Waals surface area (Å²) < 4.78 is 43.2. The summed E-state index contributed by atoms with van der Waals surface area (Å²) in [5.74, 6) is -0.250. The molecule has 0 radical (unpaired) electrons. The molecule has 4 aromatic rings. The van der Waals surface area contributed by atoms with Crippen molar-refractivity contribution in [3.8, 4) is 16.9 Å². The van der Waals surface area contributed by atoms with Crippen LogP contribution in [-0.2, 0) is 6.54 Å². The molecule has 160 valence electrons. The Bertz CT molecular complexity index is 1170. The monoisotopic (exact) mass is 425 g/mol. The van der Waals surface area contributed by atoms with Crippen LogP contribution in [0, 0.1) is 0 Å². The zero-order valence-electron chi connectivity index (χ0n) is 16.9. The number of fused-ring (bicyclic) bond motifs is 1. The quantitative estimate of drug-likeness (QED) is 0.373. The summed E-state index contributed by atoms with van der Waals surface area (Å²) in [5, 5.41) is 11.5. The van der Waals surface area contributed by atoms with E-state index in [1.807, 2.05) is 61.5 Å². The van der Waals surface area contributed by atoms with Gasteiger partial charge in [0.15, 0.2) is 0 Å². The van der Waals surface area contributed by atoms with E-state index in [2.05, 4.69) is 9.30 Å². The van der Waals surface area contributed by atoms with Crippen LogP contribution in [0.15, 0.2) is 78.9 Å². The fraction of sp³-hybridized carbons (Fsp3) is 0.200. The lowest BCUT2D eigenvalue weighted by atomic mass is 10.0. The lowest BCUT2D eigenvalue weighted by Gasteiger charge is -2.14. The van der Waals surface area contributed by atoms with Crippen molar-refractivity contribution in [2.45, 2.75) is 32.4 Å². The molecule has 0 aliphatic heterocycles. The molecule has 3 nitrogen and oxygen atoms in total. The number of benzene rings is 3. The summed E-state index contributed by atoms with van der Waals surface area (Å²) in [6.07, 6.45) is -4.70. The molecule has 4 rings (SSSR count). The Kier molecular flexibility index (Phi) is 5.74. The molecule has 1 aromatic heterocycles. The first-order valence-corrected chi connectivity index (χ1v) is 10.1. The number of hydrogen-bond acceptors (Lipinski definition) is 2. The number of aliphatic hydroxyl groups excluding tert-OH is 1. The zero-order valence-corrected chi connectivity index (χ0v) is 16.9. The van der Waals surface area contributed by atoms with E-state index in [0.29, 0.717) is 13.0 Å². The Labute approximate surface area is 178 Å². The zero-order chi connectivity index (χ0) is 22.0. The van der Waals surface area contributed by atoms with E-state index in [1.54, 1.807) is 12.1 Å². The molecule has 1 heterocycles. The maximum Gasteiger partial charge on any atom is 0.573 e. The molecule has 0 bridgehead atoms. The average molecular weight is 425 g/mol. The van der Waals surface area contributed by atoms with Gasteiger partial charge in [-0.05, 0) is 53.4 Å². The van der Waals surface area contributed by atoms with Crippen molar-refractivity contribution in [1.29, 1.82) is 0 Å². The van der Waals surface area contributed by atoms with Crippen LogP contribution < -0.4 is 4.74 Å². The first-order valence-electron chi connectivity index (χ1n) is 10.1. The molecule has 0 fully saturated rings. The van der Waals surface area contributed by atoms with Gasteiger partial charge >= 0.3 is 6.36 Å². The Morgan fingerprint density at radius 1 is 0.903 bits per heavy atom. The molecule has 1 N–H and O–H groups in total. The minimum atomic E-state index is -4.71. The summed E-state index contributed by atoms with van der Waals surface area (Å²) in [6.45, 7) is 2.57. The fourth-order valence-corrected chi connectivity index (χ4v) is 3.75. The van der Waals surface area contributed by atoms with E-state index in [9.17, 15) is 18.3 Å². The van der Waals surface area contributed by atoms with Gasteiger partial charge in [-0.2, -0.15) is 0 Å². The van der Waals surface area contributed by atoms with Gasteiger partial charge in [-0.1, -0.05) is 55.5 Å². The molecule has 31 heavy (non-hydrogen) atoms.